The van der Waals surface area contributed by atoms with Crippen LogP contribution in [-0.2, 0) is 13.0 Å². The van der Waals surface area contributed by atoms with Crippen LogP contribution in [0.3, 0.4) is 0 Å². The second-order valence-electron chi connectivity index (χ2n) is 7.77. The average molecular weight is 509 g/mol. The molecule has 0 spiro atoms. The van der Waals surface area contributed by atoms with Crippen LogP contribution in [0.2, 0.25) is 5.02 Å². The van der Waals surface area contributed by atoms with Crippen molar-refractivity contribution >= 4 is 23.3 Å². The van der Waals surface area contributed by atoms with Crippen molar-refractivity contribution in [1.29, 1.82) is 0 Å². The second-order valence-corrected chi connectivity index (χ2v) is 8.18. The van der Waals surface area contributed by atoms with Crippen LogP contribution in [0.25, 0.3) is 11.1 Å². The smallest absolute Gasteiger partial charge is 0.422 e. The number of ether oxygens (including phenoxy) is 2. The van der Waals surface area contributed by atoms with Gasteiger partial charge in [0.15, 0.2) is 6.61 Å². The lowest BCUT2D eigenvalue weighted by Gasteiger charge is -2.29. The molecule has 3 aromatic rings. The van der Waals surface area contributed by atoms with Gasteiger partial charge in [-0.3, -0.25) is 4.79 Å². The molecule has 2 aromatic heterocycles. The predicted molar refractivity (Wildman–Crippen MR) is 123 cm³/mol. The minimum atomic E-state index is -4.46. The number of urea groups is 1. The number of carbonyl (C=O) groups is 1. The number of H-pyrrole nitrogens is 1. The Hall–Kier alpha value is -3.73. The number of aromatic amines is 1. The Morgan fingerprint density at radius 3 is 2.74 bits per heavy atom. The van der Waals surface area contributed by atoms with E-state index in [0.29, 0.717) is 42.1 Å². The maximum Gasteiger partial charge on any atom is 0.422 e. The Bertz CT molecular complexity index is 1300. The third-order valence-corrected chi connectivity index (χ3v) is 5.68. The van der Waals surface area contributed by atoms with Crippen molar-refractivity contribution in [1.82, 2.24) is 14.9 Å². The number of fused-ring (bicyclic) bond motifs is 1. The van der Waals surface area contributed by atoms with Crippen LogP contribution < -0.4 is 20.3 Å². The van der Waals surface area contributed by atoms with Gasteiger partial charge in [0, 0.05) is 48.7 Å². The van der Waals surface area contributed by atoms with E-state index in [2.05, 4.69) is 20.0 Å². The number of pyridine rings is 2. The largest absolute Gasteiger partial charge is 0.495 e. The normalized spacial score (nSPS) is 13.2. The highest BCUT2D eigenvalue weighted by Gasteiger charge is 2.28. The van der Waals surface area contributed by atoms with E-state index in [1.165, 1.54) is 37.6 Å². The number of hydrogen-bond donors (Lipinski definition) is 2. The zero-order valence-corrected chi connectivity index (χ0v) is 19.2. The lowest BCUT2D eigenvalue weighted by molar-refractivity contribution is -0.154. The molecule has 12 heteroatoms. The van der Waals surface area contributed by atoms with Gasteiger partial charge >= 0.3 is 12.2 Å². The second kappa shape index (κ2) is 9.87. The Morgan fingerprint density at radius 2 is 2.06 bits per heavy atom. The zero-order valence-electron chi connectivity index (χ0n) is 18.4. The van der Waals surface area contributed by atoms with Gasteiger partial charge in [-0.15, -0.1) is 0 Å². The summed E-state index contributed by atoms with van der Waals surface area (Å²) in [6.07, 6.45) is -0.968. The Labute approximate surface area is 202 Å². The molecule has 35 heavy (non-hydrogen) atoms. The molecular weight excluding hydrogens is 489 g/mol. The number of alkyl halides is 3. The first kappa shape index (κ1) is 24.4. The van der Waals surface area contributed by atoms with E-state index in [-0.39, 0.29) is 22.5 Å². The van der Waals surface area contributed by atoms with Crippen molar-refractivity contribution in [2.45, 2.75) is 19.1 Å². The van der Waals surface area contributed by atoms with Crippen LogP contribution in [0.4, 0.5) is 23.7 Å². The molecule has 0 saturated heterocycles. The van der Waals surface area contributed by atoms with Crippen LogP contribution in [-0.4, -0.2) is 47.3 Å². The van der Waals surface area contributed by atoms with Gasteiger partial charge in [0.25, 0.3) is 0 Å². The van der Waals surface area contributed by atoms with Gasteiger partial charge in [0.1, 0.15) is 5.75 Å². The summed E-state index contributed by atoms with van der Waals surface area (Å²) < 4.78 is 47.0. The third kappa shape index (κ3) is 5.86. The SMILES string of the molecule is COc1cc(-c2ccc(OCC(F)(F)F)nc2)c(Cl)cc1NC(=O)N1CCc2cc(=O)[nH]cc2C1. The molecule has 2 N–H and O–H groups in total. The minimum absolute atomic E-state index is 0.176. The quantitative estimate of drug-likeness (QED) is 0.524. The summed E-state index contributed by atoms with van der Waals surface area (Å²) in [6.45, 7) is -0.672. The van der Waals surface area contributed by atoms with E-state index in [0.717, 1.165) is 11.1 Å². The summed E-state index contributed by atoms with van der Waals surface area (Å²) in [5.41, 5.74) is 2.96. The highest BCUT2D eigenvalue weighted by Crippen LogP contribution is 2.37. The van der Waals surface area contributed by atoms with Crippen LogP contribution >= 0.6 is 11.6 Å². The van der Waals surface area contributed by atoms with Crippen LogP contribution in [0.1, 0.15) is 11.1 Å². The Morgan fingerprint density at radius 1 is 1.26 bits per heavy atom. The first-order valence-electron chi connectivity index (χ1n) is 10.4. The highest BCUT2D eigenvalue weighted by molar-refractivity contribution is 6.33. The zero-order chi connectivity index (χ0) is 25.2. The van der Waals surface area contributed by atoms with Gasteiger partial charge in [-0.1, -0.05) is 11.6 Å². The van der Waals surface area contributed by atoms with Crippen molar-refractivity contribution in [2.75, 3.05) is 25.6 Å². The summed E-state index contributed by atoms with van der Waals surface area (Å²) in [6, 6.07) is 7.12. The molecule has 184 valence electrons. The van der Waals surface area contributed by atoms with E-state index < -0.39 is 12.8 Å². The predicted octanol–water partition coefficient (Wildman–Crippen LogP) is 4.63. The molecule has 0 saturated carbocycles. The number of benzene rings is 1. The summed E-state index contributed by atoms with van der Waals surface area (Å²) >= 11 is 6.44. The van der Waals surface area contributed by atoms with E-state index >= 15 is 0 Å². The van der Waals surface area contributed by atoms with E-state index in [9.17, 15) is 22.8 Å². The molecule has 8 nitrogen and oxygen atoms in total. The lowest BCUT2D eigenvalue weighted by Crippen LogP contribution is -2.39. The molecule has 1 aliphatic heterocycles. The molecule has 2 amide bonds. The summed E-state index contributed by atoms with van der Waals surface area (Å²) in [4.78, 5) is 32.5. The number of methoxy groups -OCH3 is 1. The van der Waals surface area contributed by atoms with Crippen LogP contribution in [0.5, 0.6) is 11.6 Å². The topological polar surface area (TPSA) is 96.6 Å². The van der Waals surface area contributed by atoms with Crippen LogP contribution in [0, 0.1) is 0 Å². The molecule has 0 bridgehead atoms. The van der Waals surface area contributed by atoms with Crippen LogP contribution in [0.15, 0.2) is 47.5 Å². The number of nitrogens with one attached hydrogen (secondary N) is 2. The number of hydrogen-bond acceptors (Lipinski definition) is 5. The van der Waals surface area contributed by atoms with Gasteiger partial charge in [0.2, 0.25) is 11.4 Å². The molecule has 0 radical (unpaired) electrons. The van der Waals surface area contributed by atoms with E-state index in [4.69, 9.17) is 16.3 Å². The molecule has 0 fully saturated rings. The fourth-order valence-electron chi connectivity index (χ4n) is 3.65. The molecule has 0 atom stereocenters. The van der Waals surface area contributed by atoms with Crippen molar-refractivity contribution in [3.05, 3.63) is 69.2 Å². The number of rotatable bonds is 5. The van der Waals surface area contributed by atoms with Gasteiger partial charge in [-0.2, -0.15) is 13.2 Å². The number of carbonyl (C=O) groups excluding carboxylic acids is 1. The number of halogens is 4. The Kier molecular flexibility index (Phi) is 6.88. The average Bonchev–Trinajstić information content (AvgIpc) is 2.82. The lowest BCUT2D eigenvalue weighted by atomic mass is 10.0. The number of anilines is 1. The van der Waals surface area contributed by atoms with Crippen molar-refractivity contribution in [2.24, 2.45) is 0 Å². The molecule has 1 aliphatic rings. The van der Waals surface area contributed by atoms with Crippen molar-refractivity contribution < 1.29 is 27.4 Å². The summed E-state index contributed by atoms with van der Waals surface area (Å²) in [5.74, 6) is 0.155. The fourth-order valence-corrected chi connectivity index (χ4v) is 3.93. The summed E-state index contributed by atoms with van der Waals surface area (Å²) in [5, 5.41) is 3.07. The minimum Gasteiger partial charge on any atom is -0.495 e. The van der Waals surface area contributed by atoms with E-state index in [1.54, 1.807) is 17.2 Å². The first-order valence-corrected chi connectivity index (χ1v) is 10.8. The molecule has 3 heterocycles. The molecular formula is C23H20ClF3N4O4. The molecule has 1 aromatic carbocycles. The molecule has 4 rings (SSSR count). The number of amides is 2. The van der Waals surface area contributed by atoms with Gasteiger partial charge in [0.05, 0.1) is 17.8 Å². The maximum absolute atomic E-state index is 12.9. The van der Waals surface area contributed by atoms with Crippen molar-refractivity contribution in [3.63, 3.8) is 0 Å². The van der Waals surface area contributed by atoms with Crippen molar-refractivity contribution in [3.8, 4) is 22.8 Å². The van der Waals surface area contributed by atoms with Gasteiger partial charge in [-0.05, 0) is 35.7 Å². The standard InChI is InChI=1S/C23H20ClF3N4O4/c1-34-19-7-16(14-2-3-21(29-9-14)35-12-23(25,26)27)17(24)8-18(19)30-22(33)31-5-4-13-6-20(32)28-10-15(13)11-31/h2-3,6-10H,4-5,11-12H2,1H3,(H,28,32)(H,30,33). The summed E-state index contributed by atoms with van der Waals surface area (Å²) in [7, 11) is 1.43. The van der Waals surface area contributed by atoms with Gasteiger partial charge < -0.3 is 24.7 Å². The molecule has 0 aliphatic carbocycles. The number of nitrogens with zero attached hydrogens (tertiary/aromatic N) is 2. The number of aromatic nitrogens is 2. The van der Waals surface area contributed by atoms with E-state index in [1.807, 2.05) is 0 Å². The molecule has 0 unspecified atom stereocenters. The first-order chi connectivity index (χ1) is 16.6. The van der Waals surface area contributed by atoms with Gasteiger partial charge in [-0.25, -0.2) is 9.78 Å². The highest BCUT2D eigenvalue weighted by atomic mass is 35.5. The third-order valence-electron chi connectivity index (χ3n) is 5.37. The monoisotopic (exact) mass is 508 g/mol. The fraction of sp³-hybridized carbons (Fsp3) is 0.261. The maximum atomic E-state index is 12.9. The Balaban J connectivity index is 1.49.